The van der Waals surface area contributed by atoms with E-state index in [-0.39, 0.29) is 12.3 Å². The zero-order chi connectivity index (χ0) is 22.9. The third-order valence-corrected chi connectivity index (χ3v) is 6.84. The van der Waals surface area contributed by atoms with Crippen molar-refractivity contribution in [2.75, 3.05) is 30.9 Å². The van der Waals surface area contributed by atoms with Gasteiger partial charge in [-0.1, -0.05) is 23.9 Å². The largest absolute Gasteiger partial charge is 0.497 e. The van der Waals surface area contributed by atoms with Crippen LogP contribution < -0.4 is 14.8 Å². The number of pyridine rings is 1. The van der Waals surface area contributed by atoms with Crippen LogP contribution in [0.5, 0.6) is 11.5 Å². The summed E-state index contributed by atoms with van der Waals surface area (Å²) in [4.78, 5) is 19.3. The van der Waals surface area contributed by atoms with E-state index in [1.807, 2.05) is 74.0 Å². The highest BCUT2D eigenvalue weighted by atomic mass is 32.2. The van der Waals surface area contributed by atoms with Crippen molar-refractivity contribution in [2.45, 2.75) is 28.2 Å². The van der Waals surface area contributed by atoms with Crippen molar-refractivity contribution in [3.05, 3.63) is 65.9 Å². The van der Waals surface area contributed by atoms with Crippen molar-refractivity contribution in [1.29, 1.82) is 0 Å². The highest BCUT2D eigenvalue weighted by molar-refractivity contribution is 7.99. The van der Waals surface area contributed by atoms with Gasteiger partial charge in [-0.25, -0.2) is 4.98 Å². The maximum atomic E-state index is 12.7. The molecule has 0 saturated heterocycles. The van der Waals surface area contributed by atoms with Gasteiger partial charge in [-0.15, -0.1) is 23.5 Å². The maximum Gasteiger partial charge on any atom is 0.228 e. The standard InChI is InChI=1S/C24H26N2O3S3/c1-16-13-21(30-3)23(24(25-16)31-4)26-22(27)14-17-5-7-19(8-6-17)29-15-32-20-11-9-18(28-2)10-12-20/h5-13H,14-15H2,1-4H3,(H,26,27). The van der Waals surface area contributed by atoms with E-state index >= 15 is 0 Å². The first-order chi connectivity index (χ1) is 15.5. The molecule has 0 spiro atoms. The molecule has 0 radical (unpaired) electrons. The summed E-state index contributed by atoms with van der Waals surface area (Å²) in [5.41, 5.74) is 2.66. The first-order valence-electron chi connectivity index (χ1n) is 9.90. The van der Waals surface area contributed by atoms with Gasteiger partial charge in [-0.3, -0.25) is 4.79 Å². The Morgan fingerprint density at radius 2 is 1.69 bits per heavy atom. The molecule has 3 rings (SSSR count). The summed E-state index contributed by atoms with van der Waals surface area (Å²) in [5.74, 6) is 2.04. The minimum absolute atomic E-state index is 0.0648. The van der Waals surface area contributed by atoms with Crippen LogP contribution >= 0.6 is 35.3 Å². The van der Waals surface area contributed by atoms with Gasteiger partial charge in [0.05, 0.1) is 19.2 Å². The number of aromatic nitrogens is 1. The van der Waals surface area contributed by atoms with Gasteiger partial charge in [-0.2, -0.15) is 0 Å². The molecule has 0 aliphatic carbocycles. The molecule has 1 heterocycles. The highest BCUT2D eigenvalue weighted by Gasteiger charge is 2.14. The van der Waals surface area contributed by atoms with Gasteiger partial charge in [0.25, 0.3) is 0 Å². The average Bonchev–Trinajstić information content (AvgIpc) is 2.81. The van der Waals surface area contributed by atoms with Crippen LogP contribution in [0, 0.1) is 6.92 Å². The van der Waals surface area contributed by atoms with Crippen LogP contribution in [0.2, 0.25) is 0 Å². The fourth-order valence-electron chi connectivity index (χ4n) is 2.95. The van der Waals surface area contributed by atoms with E-state index in [0.29, 0.717) is 5.94 Å². The molecule has 0 aliphatic rings. The van der Waals surface area contributed by atoms with Gasteiger partial charge >= 0.3 is 0 Å². The molecule has 168 valence electrons. The molecule has 0 bridgehead atoms. The van der Waals surface area contributed by atoms with Crippen molar-refractivity contribution in [3.63, 3.8) is 0 Å². The molecule has 0 atom stereocenters. The van der Waals surface area contributed by atoms with E-state index in [4.69, 9.17) is 9.47 Å². The first-order valence-corrected chi connectivity index (χ1v) is 13.3. The lowest BCUT2D eigenvalue weighted by molar-refractivity contribution is -0.115. The number of benzene rings is 2. The summed E-state index contributed by atoms with van der Waals surface area (Å²) < 4.78 is 11.0. The number of rotatable bonds is 10. The third kappa shape index (κ3) is 6.85. The average molecular weight is 487 g/mol. The minimum Gasteiger partial charge on any atom is -0.497 e. The fourth-order valence-corrected chi connectivity index (χ4v) is 4.91. The zero-order valence-corrected chi connectivity index (χ0v) is 21.0. The van der Waals surface area contributed by atoms with Gasteiger partial charge in [0.1, 0.15) is 22.5 Å². The summed E-state index contributed by atoms with van der Waals surface area (Å²) >= 11 is 4.74. The van der Waals surface area contributed by atoms with E-state index in [9.17, 15) is 4.79 Å². The number of carbonyl (C=O) groups is 1. The van der Waals surface area contributed by atoms with Crippen molar-refractivity contribution in [2.24, 2.45) is 0 Å². The molecule has 0 saturated carbocycles. The topological polar surface area (TPSA) is 60.5 Å². The Morgan fingerprint density at radius 3 is 2.31 bits per heavy atom. The van der Waals surface area contributed by atoms with E-state index < -0.39 is 0 Å². The predicted molar refractivity (Wildman–Crippen MR) is 136 cm³/mol. The second-order valence-electron chi connectivity index (χ2n) is 6.80. The lowest BCUT2D eigenvalue weighted by Crippen LogP contribution is -2.16. The van der Waals surface area contributed by atoms with E-state index in [1.165, 1.54) is 11.8 Å². The Hall–Kier alpha value is -2.29. The molecule has 8 heteroatoms. The van der Waals surface area contributed by atoms with Crippen molar-refractivity contribution < 1.29 is 14.3 Å². The Bertz CT molecular complexity index is 1020. The zero-order valence-electron chi connectivity index (χ0n) is 18.5. The molecule has 0 aliphatic heterocycles. The summed E-state index contributed by atoms with van der Waals surface area (Å²) in [7, 11) is 1.65. The molecular weight excluding hydrogens is 460 g/mol. The van der Waals surface area contributed by atoms with E-state index in [0.717, 1.165) is 43.3 Å². The number of carbonyl (C=O) groups excluding carboxylic acids is 1. The summed E-state index contributed by atoms with van der Waals surface area (Å²) in [6, 6.07) is 17.5. The smallest absolute Gasteiger partial charge is 0.228 e. The molecule has 0 unspecified atom stereocenters. The van der Waals surface area contributed by atoms with Gasteiger partial charge in [0.15, 0.2) is 0 Å². The number of hydrogen-bond donors (Lipinski definition) is 1. The van der Waals surface area contributed by atoms with Crippen LogP contribution in [0.4, 0.5) is 5.69 Å². The molecule has 0 fully saturated rings. The number of hydrogen-bond acceptors (Lipinski definition) is 7. The highest BCUT2D eigenvalue weighted by Crippen LogP contribution is 2.33. The summed E-state index contributed by atoms with van der Waals surface area (Å²) in [6.07, 6.45) is 4.25. The number of anilines is 1. The quantitative estimate of drug-likeness (QED) is 0.272. The molecule has 1 amide bonds. The van der Waals surface area contributed by atoms with Crippen LogP contribution in [0.15, 0.2) is 69.4 Å². The minimum atomic E-state index is -0.0648. The molecule has 2 aromatic carbocycles. The Kier molecular flexibility index (Phi) is 9.20. The maximum absolute atomic E-state index is 12.7. The van der Waals surface area contributed by atoms with Crippen LogP contribution in [0.25, 0.3) is 0 Å². The van der Waals surface area contributed by atoms with Crippen molar-refractivity contribution >= 4 is 46.9 Å². The number of nitrogens with one attached hydrogen (secondary N) is 1. The second kappa shape index (κ2) is 12.1. The summed E-state index contributed by atoms with van der Waals surface area (Å²) in [5, 5.41) is 3.88. The van der Waals surface area contributed by atoms with Gasteiger partial charge in [0, 0.05) is 15.5 Å². The van der Waals surface area contributed by atoms with Gasteiger partial charge in [0.2, 0.25) is 5.91 Å². The fraction of sp³-hybridized carbons (Fsp3) is 0.250. The SMILES string of the molecule is COc1ccc(SCOc2ccc(CC(=O)Nc3c(SC)cc(C)nc3SC)cc2)cc1. The van der Waals surface area contributed by atoms with Crippen LogP contribution in [0.1, 0.15) is 11.3 Å². The van der Waals surface area contributed by atoms with Gasteiger partial charge in [-0.05, 0) is 67.5 Å². The number of methoxy groups -OCH3 is 1. The molecule has 3 aromatic rings. The third-order valence-electron chi connectivity index (χ3n) is 4.55. The number of nitrogens with zero attached hydrogens (tertiary/aromatic N) is 1. The van der Waals surface area contributed by atoms with Crippen LogP contribution in [0.3, 0.4) is 0 Å². The first kappa shape index (κ1) is 24.4. The Labute approximate surface area is 202 Å². The molecule has 5 nitrogen and oxygen atoms in total. The molecular formula is C24H26N2O3S3. The Morgan fingerprint density at radius 1 is 1.00 bits per heavy atom. The van der Waals surface area contributed by atoms with Crippen LogP contribution in [-0.4, -0.2) is 36.5 Å². The molecule has 32 heavy (non-hydrogen) atoms. The molecule has 1 aromatic heterocycles. The lowest BCUT2D eigenvalue weighted by atomic mass is 10.1. The van der Waals surface area contributed by atoms with Crippen molar-refractivity contribution in [1.82, 2.24) is 4.98 Å². The summed E-state index contributed by atoms with van der Waals surface area (Å²) in [6.45, 7) is 1.96. The number of amides is 1. The number of aryl methyl sites for hydroxylation is 1. The van der Waals surface area contributed by atoms with Gasteiger partial charge < -0.3 is 14.8 Å². The van der Waals surface area contributed by atoms with Crippen molar-refractivity contribution in [3.8, 4) is 11.5 Å². The molecule has 1 N–H and O–H groups in total. The number of ether oxygens (including phenoxy) is 2. The Balaban J connectivity index is 1.53. The van der Waals surface area contributed by atoms with E-state index in [2.05, 4.69) is 10.3 Å². The predicted octanol–water partition coefficient (Wildman–Crippen LogP) is 6.15. The van der Waals surface area contributed by atoms with E-state index in [1.54, 1.807) is 30.6 Å². The lowest BCUT2D eigenvalue weighted by Gasteiger charge is -2.14. The number of thioether (sulfide) groups is 3. The normalized spacial score (nSPS) is 10.6. The second-order valence-corrected chi connectivity index (χ2v) is 9.44. The monoisotopic (exact) mass is 486 g/mol. The van der Waals surface area contributed by atoms with Crippen LogP contribution in [-0.2, 0) is 11.2 Å².